The van der Waals surface area contributed by atoms with Gasteiger partial charge in [-0.3, -0.25) is 0 Å². The van der Waals surface area contributed by atoms with Crippen molar-refractivity contribution in [2.24, 2.45) is 0 Å². The molecule has 0 amide bonds. The largest absolute Gasteiger partial charge is 1.00 e. The van der Waals surface area contributed by atoms with E-state index in [0.717, 1.165) is 0 Å². The van der Waals surface area contributed by atoms with Crippen LogP contribution in [0, 0.1) is 0 Å². The van der Waals surface area contributed by atoms with Gasteiger partial charge in [-0.05, 0) is 0 Å². The molecule has 0 radical (unpaired) electrons. The van der Waals surface area contributed by atoms with Crippen LogP contribution >= 0.6 is 43.6 Å². The molecule has 0 spiro atoms. The topological polar surface area (TPSA) is 0 Å². The van der Waals surface area contributed by atoms with Crippen molar-refractivity contribution in [3.05, 3.63) is 104 Å². The van der Waals surface area contributed by atoms with Crippen molar-refractivity contribution in [2.45, 2.75) is 17.0 Å². The van der Waals surface area contributed by atoms with Gasteiger partial charge < -0.3 is 24.8 Å². The van der Waals surface area contributed by atoms with Crippen LogP contribution in [-0.4, -0.2) is 0 Å². The van der Waals surface area contributed by atoms with Gasteiger partial charge in [-0.1, -0.05) is 0 Å². The molecular formula is C26H14Br2Cl2SZr. The monoisotopic (exact) mass is 676 g/mol. The smallest absolute Gasteiger partial charge is 1.00 e. The maximum Gasteiger partial charge on any atom is -1.00 e. The van der Waals surface area contributed by atoms with Crippen molar-refractivity contribution in [3.63, 3.8) is 0 Å². The number of rotatable bonds is 0. The molecule has 156 valence electrons. The van der Waals surface area contributed by atoms with E-state index in [1.807, 2.05) is 11.8 Å². The number of hydrogen-bond donors (Lipinski definition) is 0. The second kappa shape index (κ2) is 8.70. The fourth-order valence-electron chi connectivity index (χ4n) is 5.30. The molecule has 8 bridgehead atoms. The molecule has 6 heteroatoms. The predicted octanol–water partition coefficient (Wildman–Crippen LogP) is 2.61. The molecule has 2 aliphatic carbocycles. The van der Waals surface area contributed by atoms with E-state index >= 15 is 0 Å². The van der Waals surface area contributed by atoms with Crippen molar-refractivity contribution in [2.75, 3.05) is 0 Å². The molecule has 2 unspecified atom stereocenters. The number of benzene rings is 4. The molecular weight excluding hydrogens is 666 g/mol. The Labute approximate surface area is 232 Å². The molecule has 4 aromatic rings. The Morgan fingerprint density at radius 1 is 0.594 bits per heavy atom. The van der Waals surface area contributed by atoms with Crippen LogP contribution in [0.1, 0.15) is 29.5 Å². The van der Waals surface area contributed by atoms with Crippen molar-refractivity contribution < 1.29 is 48.0 Å². The first-order valence-corrected chi connectivity index (χ1v) is 15.2. The molecule has 0 saturated heterocycles. The minimum Gasteiger partial charge on any atom is -1.00 e. The van der Waals surface area contributed by atoms with Crippen LogP contribution in [0.4, 0.5) is 0 Å². The van der Waals surface area contributed by atoms with E-state index in [-0.39, 0.29) is 24.8 Å². The van der Waals surface area contributed by atoms with Crippen LogP contribution in [-0.2, 0) is 23.2 Å². The van der Waals surface area contributed by atoms with Crippen LogP contribution in [0.2, 0.25) is 0 Å². The van der Waals surface area contributed by atoms with Crippen molar-refractivity contribution in [3.8, 4) is 22.3 Å². The van der Waals surface area contributed by atoms with Gasteiger partial charge >= 0.3 is 210 Å². The Balaban J connectivity index is 0.00000108. The van der Waals surface area contributed by atoms with Gasteiger partial charge in [0.15, 0.2) is 0 Å². The standard InChI is InChI=1S/C26H14Br2S.2ClH.Zr/c27-19-7-9-21-17(13-19)11-15-3-1-5-23(25(15)21)29-24-6-2-4-16-12-18-14-20(28)8-10-22(18)26(16)24;;;/h1-14H;2*1H;/q;;;+2/p-2. The Morgan fingerprint density at radius 2 is 1.06 bits per heavy atom. The zero-order chi connectivity index (χ0) is 20.0. The predicted molar refractivity (Wildman–Crippen MR) is 127 cm³/mol. The van der Waals surface area contributed by atoms with Gasteiger partial charge in [-0.25, -0.2) is 0 Å². The van der Waals surface area contributed by atoms with Gasteiger partial charge in [0.1, 0.15) is 0 Å². The van der Waals surface area contributed by atoms with Crippen molar-refractivity contribution in [1.82, 2.24) is 0 Å². The third-order valence-corrected chi connectivity index (χ3v) is 13.3. The molecule has 0 saturated carbocycles. The molecule has 2 atom stereocenters. The Hall–Kier alpha value is -0.347. The SMILES string of the molecule is Brc1ccc2c(c1)[CH]1[Zr+2][CH]3c4cc(Br)ccc4-c4c(cccc43)Sc3cccc1c3-2.[Cl-].[Cl-]. The van der Waals surface area contributed by atoms with E-state index in [4.69, 9.17) is 0 Å². The molecule has 32 heavy (non-hydrogen) atoms. The first kappa shape index (κ1) is 23.4. The summed E-state index contributed by atoms with van der Waals surface area (Å²) >= 11 is 8.55. The Morgan fingerprint density at radius 3 is 1.53 bits per heavy atom. The Kier molecular flexibility index (Phi) is 6.36. The summed E-state index contributed by atoms with van der Waals surface area (Å²) < 4.78 is 3.55. The Bertz CT molecular complexity index is 1300. The average molecular weight is 680 g/mol. The zero-order valence-electron chi connectivity index (χ0n) is 16.5. The second-order valence-electron chi connectivity index (χ2n) is 8.04. The average Bonchev–Trinajstić information content (AvgIpc) is 3.21. The molecule has 1 heterocycles. The maximum atomic E-state index is 3.75. The molecule has 0 fully saturated rings. The summed E-state index contributed by atoms with van der Waals surface area (Å²) in [6, 6.07) is 27.8. The normalized spacial score (nSPS) is 17.7. The van der Waals surface area contributed by atoms with Crippen LogP contribution in [0.5, 0.6) is 0 Å². The number of fused-ring (bicyclic) bond motifs is 4. The van der Waals surface area contributed by atoms with E-state index < -0.39 is 23.2 Å². The van der Waals surface area contributed by atoms with Crippen molar-refractivity contribution in [1.29, 1.82) is 0 Å². The van der Waals surface area contributed by atoms with Crippen molar-refractivity contribution >= 4 is 43.6 Å². The zero-order valence-corrected chi connectivity index (χ0v) is 24.5. The number of hydrogen-bond acceptors (Lipinski definition) is 1. The maximum absolute atomic E-state index is 3.75. The summed E-state index contributed by atoms with van der Waals surface area (Å²) in [4.78, 5) is 2.80. The summed E-state index contributed by atoms with van der Waals surface area (Å²) in [6.07, 6.45) is 0. The van der Waals surface area contributed by atoms with Gasteiger partial charge in [0.05, 0.1) is 0 Å². The summed E-state index contributed by atoms with van der Waals surface area (Å²) in [6.45, 7) is 0. The molecule has 3 aliphatic rings. The molecule has 0 aromatic heterocycles. The van der Waals surface area contributed by atoms with E-state index in [0.29, 0.717) is 7.25 Å². The molecule has 7 rings (SSSR count). The minimum absolute atomic E-state index is 0. The van der Waals surface area contributed by atoms with Gasteiger partial charge in [-0.15, -0.1) is 0 Å². The summed E-state index contributed by atoms with van der Waals surface area (Å²) in [5.41, 5.74) is 12.1. The summed E-state index contributed by atoms with van der Waals surface area (Å²) in [5, 5.41) is 0. The first-order chi connectivity index (χ1) is 14.7. The molecule has 4 aromatic carbocycles. The summed E-state index contributed by atoms with van der Waals surface area (Å²) in [7, 11) is 0. The number of halogens is 4. The quantitative estimate of drug-likeness (QED) is 0.276. The first-order valence-electron chi connectivity index (χ1n) is 9.98. The van der Waals surface area contributed by atoms with Gasteiger partial charge in [0, 0.05) is 0 Å². The fourth-order valence-corrected chi connectivity index (χ4v) is 12.2. The molecule has 0 N–H and O–H groups in total. The fraction of sp³-hybridized carbons (Fsp3) is 0.0769. The second-order valence-corrected chi connectivity index (χ2v) is 14.6. The van der Waals surface area contributed by atoms with E-state index in [9.17, 15) is 0 Å². The molecule has 0 nitrogen and oxygen atoms in total. The van der Waals surface area contributed by atoms with Crippen LogP contribution in [0.25, 0.3) is 22.3 Å². The van der Waals surface area contributed by atoms with Gasteiger partial charge in [0.25, 0.3) is 0 Å². The van der Waals surface area contributed by atoms with Gasteiger partial charge in [-0.2, -0.15) is 0 Å². The van der Waals surface area contributed by atoms with Crippen LogP contribution in [0.15, 0.2) is 91.5 Å². The third-order valence-electron chi connectivity index (χ3n) is 6.48. The van der Waals surface area contributed by atoms with Gasteiger partial charge in [0.2, 0.25) is 0 Å². The van der Waals surface area contributed by atoms with Crippen LogP contribution in [0.3, 0.4) is 0 Å². The third kappa shape index (κ3) is 3.32. The van der Waals surface area contributed by atoms with E-state index in [1.54, 1.807) is 22.3 Å². The van der Waals surface area contributed by atoms with E-state index in [2.05, 4.69) is 105 Å². The molecule has 1 aliphatic heterocycles. The minimum atomic E-state index is -0.910. The summed E-state index contributed by atoms with van der Waals surface area (Å²) in [5.74, 6) is 0. The van der Waals surface area contributed by atoms with Crippen LogP contribution < -0.4 is 24.8 Å². The van der Waals surface area contributed by atoms with E-state index in [1.165, 1.54) is 41.0 Å².